The predicted molar refractivity (Wildman–Crippen MR) is 116 cm³/mol. The number of aromatic amines is 1. The van der Waals surface area contributed by atoms with Gasteiger partial charge in [-0.1, -0.05) is 48.5 Å². The van der Waals surface area contributed by atoms with Crippen molar-refractivity contribution in [1.29, 1.82) is 0 Å². The fourth-order valence-corrected chi connectivity index (χ4v) is 3.39. The molecule has 0 aliphatic rings. The Labute approximate surface area is 174 Å². The van der Waals surface area contributed by atoms with Crippen LogP contribution in [0, 0.1) is 0 Å². The highest BCUT2D eigenvalue weighted by Crippen LogP contribution is 2.30. The fraction of sp³-hybridized carbons (Fsp3) is 0.120. The number of para-hydroxylation sites is 1. The lowest BCUT2D eigenvalue weighted by Crippen LogP contribution is -2.14. The Morgan fingerprint density at radius 3 is 2.30 bits per heavy atom. The molecule has 5 nitrogen and oxygen atoms in total. The molecule has 0 aliphatic heterocycles. The summed E-state index contributed by atoms with van der Waals surface area (Å²) < 4.78 is 10.7. The van der Waals surface area contributed by atoms with E-state index in [4.69, 9.17) is 9.47 Å². The van der Waals surface area contributed by atoms with Gasteiger partial charge in [0.15, 0.2) is 6.61 Å². The van der Waals surface area contributed by atoms with Gasteiger partial charge in [0.1, 0.15) is 5.75 Å². The Morgan fingerprint density at radius 1 is 0.867 bits per heavy atom. The Bertz CT molecular complexity index is 1180. The van der Waals surface area contributed by atoms with E-state index in [-0.39, 0.29) is 12.4 Å². The molecule has 0 radical (unpaired) electrons. The van der Waals surface area contributed by atoms with Gasteiger partial charge in [-0.15, -0.1) is 0 Å². The second kappa shape index (κ2) is 8.66. The van der Waals surface area contributed by atoms with Crippen LogP contribution >= 0.6 is 0 Å². The van der Waals surface area contributed by atoms with Gasteiger partial charge in [0.2, 0.25) is 5.78 Å². The summed E-state index contributed by atoms with van der Waals surface area (Å²) in [4.78, 5) is 28.8. The monoisotopic (exact) mass is 399 g/mol. The summed E-state index contributed by atoms with van der Waals surface area (Å²) >= 11 is 0. The van der Waals surface area contributed by atoms with Gasteiger partial charge in [-0.05, 0) is 42.8 Å². The Hall–Kier alpha value is -3.86. The van der Waals surface area contributed by atoms with Gasteiger partial charge in [0.25, 0.3) is 0 Å². The maximum Gasteiger partial charge on any atom is 0.338 e. The molecule has 1 heterocycles. The van der Waals surface area contributed by atoms with Crippen LogP contribution in [0.5, 0.6) is 5.75 Å². The lowest BCUT2D eigenvalue weighted by atomic mass is 10.0. The number of nitrogens with one attached hydrogen (secondary N) is 1. The topological polar surface area (TPSA) is 68.4 Å². The zero-order valence-corrected chi connectivity index (χ0v) is 16.6. The smallest absolute Gasteiger partial charge is 0.338 e. The number of H-pyrrole nitrogens is 1. The molecule has 4 aromatic rings. The van der Waals surface area contributed by atoms with Crippen molar-refractivity contribution in [2.24, 2.45) is 0 Å². The number of benzene rings is 3. The number of fused-ring (bicyclic) bond motifs is 1. The van der Waals surface area contributed by atoms with Gasteiger partial charge >= 0.3 is 5.97 Å². The average Bonchev–Trinajstić information content (AvgIpc) is 3.18. The summed E-state index contributed by atoms with van der Waals surface area (Å²) in [5.74, 6) is -0.130. The molecule has 1 aromatic heterocycles. The van der Waals surface area contributed by atoms with Crippen LogP contribution in [0.15, 0.2) is 78.9 Å². The van der Waals surface area contributed by atoms with Gasteiger partial charge in [-0.2, -0.15) is 0 Å². The van der Waals surface area contributed by atoms with E-state index in [0.717, 1.165) is 22.2 Å². The minimum atomic E-state index is -0.549. The third-order valence-electron chi connectivity index (χ3n) is 4.78. The quantitative estimate of drug-likeness (QED) is 0.339. The maximum absolute atomic E-state index is 13.1. The molecule has 0 saturated carbocycles. The van der Waals surface area contributed by atoms with Crippen molar-refractivity contribution in [3.05, 3.63) is 90.0 Å². The summed E-state index contributed by atoms with van der Waals surface area (Å²) in [6.45, 7) is 2.10. The minimum absolute atomic E-state index is 0.259. The summed E-state index contributed by atoms with van der Waals surface area (Å²) in [6, 6.07) is 23.9. The number of esters is 1. The Balaban J connectivity index is 1.57. The lowest BCUT2D eigenvalue weighted by Gasteiger charge is -2.07. The molecule has 4 rings (SSSR count). The SMILES string of the molecule is CCOc1ccc(C(=O)OCC(=O)c2c(-c3ccccc3)[nH]c3ccccc23)cc1. The maximum atomic E-state index is 13.1. The number of hydrogen-bond acceptors (Lipinski definition) is 4. The minimum Gasteiger partial charge on any atom is -0.494 e. The molecule has 1 N–H and O–H groups in total. The van der Waals surface area contributed by atoms with Crippen molar-refractivity contribution >= 4 is 22.7 Å². The average molecular weight is 399 g/mol. The highest BCUT2D eigenvalue weighted by Gasteiger charge is 2.21. The van der Waals surface area contributed by atoms with E-state index in [9.17, 15) is 9.59 Å². The normalized spacial score (nSPS) is 10.7. The van der Waals surface area contributed by atoms with Crippen LogP contribution < -0.4 is 4.74 Å². The lowest BCUT2D eigenvalue weighted by molar-refractivity contribution is 0.0475. The van der Waals surface area contributed by atoms with Gasteiger partial charge in [-0.3, -0.25) is 4.79 Å². The summed E-state index contributed by atoms with van der Waals surface area (Å²) in [7, 11) is 0. The third kappa shape index (κ3) is 3.96. The van der Waals surface area contributed by atoms with E-state index in [0.29, 0.717) is 23.5 Å². The molecule has 0 aliphatic carbocycles. The first-order chi connectivity index (χ1) is 14.7. The molecule has 30 heavy (non-hydrogen) atoms. The number of aromatic nitrogens is 1. The predicted octanol–water partition coefficient (Wildman–Crippen LogP) is 5.27. The number of hydrogen-bond donors (Lipinski definition) is 1. The van der Waals surface area contributed by atoms with E-state index in [2.05, 4.69) is 4.98 Å². The molecule has 0 spiro atoms. The molecule has 0 bridgehead atoms. The van der Waals surface area contributed by atoms with Crippen molar-refractivity contribution in [2.75, 3.05) is 13.2 Å². The Morgan fingerprint density at radius 2 is 1.57 bits per heavy atom. The zero-order valence-electron chi connectivity index (χ0n) is 16.6. The molecule has 0 unspecified atom stereocenters. The number of Topliss-reactive ketones (excluding diaryl/α,β-unsaturated/α-hetero) is 1. The van der Waals surface area contributed by atoms with E-state index in [1.54, 1.807) is 24.3 Å². The largest absolute Gasteiger partial charge is 0.494 e. The molecular weight excluding hydrogens is 378 g/mol. The standard InChI is InChI=1S/C25H21NO4/c1-2-29-19-14-12-18(13-15-19)25(28)30-16-22(27)23-20-10-6-7-11-21(20)26-24(23)17-8-4-3-5-9-17/h3-15,26H,2,16H2,1H3. The number of ether oxygens (including phenoxy) is 2. The van der Waals surface area contributed by atoms with Crippen LogP contribution in [-0.2, 0) is 4.74 Å². The second-order valence-electron chi connectivity index (χ2n) is 6.74. The first kappa shape index (κ1) is 19.5. The van der Waals surface area contributed by atoms with Gasteiger partial charge in [-0.25, -0.2) is 4.79 Å². The van der Waals surface area contributed by atoms with Crippen molar-refractivity contribution in [3.8, 4) is 17.0 Å². The Kier molecular flexibility index (Phi) is 5.61. The van der Waals surface area contributed by atoms with Gasteiger partial charge < -0.3 is 14.5 Å². The molecule has 0 atom stereocenters. The van der Waals surface area contributed by atoms with E-state index < -0.39 is 5.97 Å². The summed E-state index contributed by atoms with van der Waals surface area (Å²) in [6.07, 6.45) is 0. The first-order valence-corrected chi connectivity index (χ1v) is 9.76. The molecule has 5 heteroatoms. The number of rotatable bonds is 7. The van der Waals surface area contributed by atoms with Crippen LogP contribution in [0.1, 0.15) is 27.6 Å². The number of carbonyl (C=O) groups is 2. The van der Waals surface area contributed by atoms with Crippen molar-refractivity contribution < 1.29 is 19.1 Å². The highest BCUT2D eigenvalue weighted by atomic mass is 16.5. The molecule has 0 amide bonds. The van der Waals surface area contributed by atoms with E-state index in [1.165, 1.54) is 0 Å². The van der Waals surface area contributed by atoms with Crippen LogP contribution in [0.4, 0.5) is 0 Å². The second-order valence-corrected chi connectivity index (χ2v) is 6.74. The summed E-state index contributed by atoms with van der Waals surface area (Å²) in [5, 5.41) is 0.804. The highest BCUT2D eigenvalue weighted by molar-refractivity contribution is 6.14. The van der Waals surface area contributed by atoms with Crippen molar-refractivity contribution in [1.82, 2.24) is 4.98 Å². The summed E-state index contributed by atoms with van der Waals surface area (Å²) in [5.41, 5.74) is 3.37. The van der Waals surface area contributed by atoms with Crippen LogP contribution in [0.2, 0.25) is 0 Å². The van der Waals surface area contributed by atoms with Gasteiger partial charge in [0.05, 0.1) is 23.4 Å². The number of carbonyl (C=O) groups excluding carboxylic acids is 2. The zero-order chi connectivity index (χ0) is 20.9. The van der Waals surface area contributed by atoms with Crippen LogP contribution in [-0.4, -0.2) is 30.0 Å². The van der Waals surface area contributed by atoms with Crippen LogP contribution in [0.25, 0.3) is 22.2 Å². The number of ketones is 1. The van der Waals surface area contributed by atoms with Crippen molar-refractivity contribution in [3.63, 3.8) is 0 Å². The van der Waals surface area contributed by atoms with E-state index >= 15 is 0 Å². The van der Waals surface area contributed by atoms with Gasteiger partial charge in [0, 0.05) is 10.9 Å². The van der Waals surface area contributed by atoms with Crippen LogP contribution in [0.3, 0.4) is 0 Å². The molecule has 0 fully saturated rings. The molecular formula is C25H21NO4. The third-order valence-corrected chi connectivity index (χ3v) is 4.78. The molecule has 150 valence electrons. The van der Waals surface area contributed by atoms with Crippen molar-refractivity contribution in [2.45, 2.75) is 6.92 Å². The molecule has 3 aromatic carbocycles. The first-order valence-electron chi connectivity index (χ1n) is 9.76. The fourth-order valence-electron chi connectivity index (χ4n) is 3.39. The van der Waals surface area contributed by atoms with E-state index in [1.807, 2.05) is 61.5 Å². The molecule has 0 saturated heterocycles.